The van der Waals surface area contributed by atoms with Gasteiger partial charge in [-0.05, 0) is 24.6 Å². The van der Waals surface area contributed by atoms with E-state index in [0.29, 0.717) is 29.4 Å². The molecule has 4 rings (SSSR count). The Hall–Kier alpha value is -2.68. The number of carbonyl (C=O) groups is 2. The number of benzene rings is 1. The van der Waals surface area contributed by atoms with Crippen LogP contribution in [-0.4, -0.2) is 34.9 Å². The number of thioether (sulfide) groups is 1. The van der Waals surface area contributed by atoms with Gasteiger partial charge in [-0.3, -0.25) is 9.59 Å². The zero-order valence-corrected chi connectivity index (χ0v) is 15.7. The van der Waals surface area contributed by atoms with Crippen LogP contribution < -0.4 is 20.1 Å². The molecule has 0 fully saturated rings. The maximum atomic E-state index is 12.8. The summed E-state index contributed by atoms with van der Waals surface area (Å²) in [5.41, 5.74) is 2.36. The van der Waals surface area contributed by atoms with Crippen LogP contribution in [0.25, 0.3) is 0 Å². The first kappa shape index (κ1) is 17.7. The lowest BCUT2D eigenvalue weighted by molar-refractivity contribution is -0.121. The first-order valence-corrected chi connectivity index (χ1v) is 9.95. The number of fused-ring (bicyclic) bond motifs is 2. The van der Waals surface area contributed by atoms with E-state index in [-0.39, 0.29) is 25.2 Å². The summed E-state index contributed by atoms with van der Waals surface area (Å²) in [6.45, 7) is 2.85. The monoisotopic (exact) mass is 388 g/mol. The van der Waals surface area contributed by atoms with Crippen LogP contribution in [0.15, 0.2) is 18.2 Å². The van der Waals surface area contributed by atoms with Crippen LogP contribution in [0.1, 0.15) is 35.0 Å². The summed E-state index contributed by atoms with van der Waals surface area (Å²) in [6.07, 6.45) is 0.867. The molecule has 0 unspecified atom stereocenters. The minimum atomic E-state index is -0.275. The van der Waals surface area contributed by atoms with Crippen LogP contribution in [0.2, 0.25) is 0 Å². The molecule has 2 aromatic rings. The van der Waals surface area contributed by atoms with E-state index < -0.39 is 0 Å². The summed E-state index contributed by atoms with van der Waals surface area (Å²) < 4.78 is 12.2. The summed E-state index contributed by atoms with van der Waals surface area (Å²) in [4.78, 5) is 24.9. The molecule has 0 saturated carbocycles. The van der Waals surface area contributed by atoms with Gasteiger partial charge >= 0.3 is 0 Å². The molecule has 9 heteroatoms. The quantitative estimate of drug-likeness (QED) is 0.787. The maximum absolute atomic E-state index is 12.8. The van der Waals surface area contributed by atoms with Crippen LogP contribution in [0, 0.1) is 0 Å². The van der Waals surface area contributed by atoms with Crippen molar-refractivity contribution in [3.63, 3.8) is 0 Å². The molecule has 1 aromatic heterocycles. The van der Waals surface area contributed by atoms with Gasteiger partial charge in [-0.25, -0.2) is 4.68 Å². The third kappa shape index (κ3) is 3.59. The smallest absolute Gasteiger partial charge is 0.256 e. The highest BCUT2D eigenvalue weighted by Crippen LogP contribution is 2.36. The summed E-state index contributed by atoms with van der Waals surface area (Å²) in [5.74, 6) is 2.92. The number of ether oxygens (including phenoxy) is 2. The first-order valence-electron chi connectivity index (χ1n) is 8.79. The minimum absolute atomic E-state index is 0.0778. The number of hydrogen-bond donors (Lipinski definition) is 2. The molecular formula is C18H20N4O4S. The number of hydrogen-bond acceptors (Lipinski definition) is 6. The van der Waals surface area contributed by atoms with Crippen molar-refractivity contribution in [2.75, 3.05) is 18.7 Å². The molecule has 2 aliphatic heterocycles. The van der Waals surface area contributed by atoms with Gasteiger partial charge in [0.05, 0.1) is 5.69 Å². The molecule has 142 valence electrons. The van der Waals surface area contributed by atoms with Crippen LogP contribution in [0.5, 0.6) is 11.5 Å². The second kappa shape index (κ2) is 7.51. The van der Waals surface area contributed by atoms with Gasteiger partial charge < -0.3 is 20.1 Å². The Labute approximate surface area is 160 Å². The highest BCUT2D eigenvalue weighted by Gasteiger charge is 2.25. The average Bonchev–Trinajstić information content (AvgIpc) is 3.37. The zero-order valence-electron chi connectivity index (χ0n) is 14.9. The molecule has 2 N–H and O–H groups in total. The predicted octanol–water partition coefficient (Wildman–Crippen LogP) is 2.14. The topological polar surface area (TPSA) is 94.5 Å². The van der Waals surface area contributed by atoms with E-state index in [1.165, 1.54) is 0 Å². The van der Waals surface area contributed by atoms with E-state index in [9.17, 15) is 9.59 Å². The van der Waals surface area contributed by atoms with E-state index in [0.717, 1.165) is 29.2 Å². The number of nitrogens with one attached hydrogen (secondary N) is 2. The number of aromatic nitrogens is 2. The van der Waals surface area contributed by atoms with Gasteiger partial charge in [0.15, 0.2) is 11.5 Å². The zero-order chi connectivity index (χ0) is 18.8. The molecule has 2 amide bonds. The molecular weight excluding hydrogens is 368 g/mol. The van der Waals surface area contributed by atoms with Crippen molar-refractivity contribution in [2.24, 2.45) is 0 Å². The predicted molar refractivity (Wildman–Crippen MR) is 101 cm³/mol. The van der Waals surface area contributed by atoms with Crippen molar-refractivity contribution in [3.05, 3.63) is 35.0 Å². The Bertz CT molecular complexity index is 896. The molecule has 1 aromatic carbocycles. The van der Waals surface area contributed by atoms with Gasteiger partial charge in [0.1, 0.15) is 12.4 Å². The number of amides is 2. The second-order valence-electron chi connectivity index (χ2n) is 6.30. The van der Waals surface area contributed by atoms with E-state index >= 15 is 0 Å². The van der Waals surface area contributed by atoms with Gasteiger partial charge in [-0.1, -0.05) is 6.92 Å². The highest BCUT2D eigenvalue weighted by atomic mass is 32.2. The van der Waals surface area contributed by atoms with Crippen LogP contribution in [0.3, 0.4) is 0 Å². The van der Waals surface area contributed by atoms with Crippen LogP contribution in [0.4, 0.5) is 5.82 Å². The Morgan fingerprint density at radius 3 is 2.96 bits per heavy atom. The van der Waals surface area contributed by atoms with E-state index in [2.05, 4.69) is 15.7 Å². The Morgan fingerprint density at radius 1 is 1.26 bits per heavy atom. The molecule has 0 atom stereocenters. The maximum Gasteiger partial charge on any atom is 0.256 e. The van der Waals surface area contributed by atoms with Gasteiger partial charge in [0.2, 0.25) is 12.7 Å². The van der Waals surface area contributed by atoms with Gasteiger partial charge in [-0.15, -0.1) is 0 Å². The lowest BCUT2D eigenvalue weighted by Crippen LogP contribution is -2.29. The minimum Gasteiger partial charge on any atom is -0.454 e. The molecule has 0 spiro atoms. The third-order valence-corrected chi connectivity index (χ3v) is 5.32. The fraction of sp³-hybridized carbons (Fsp3) is 0.389. The van der Waals surface area contributed by atoms with Gasteiger partial charge in [0.25, 0.3) is 5.91 Å². The number of nitrogens with zero attached hydrogens (tertiary/aromatic N) is 2. The second-order valence-corrected chi connectivity index (χ2v) is 7.28. The number of rotatable bonds is 6. The summed E-state index contributed by atoms with van der Waals surface area (Å²) in [7, 11) is 0. The Morgan fingerprint density at radius 2 is 2.11 bits per heavy atom. The fourth-order valence-electron chi connectivity index (χ4n) is 2.99. The van der Waals surface area contributed by atoms with E-state index in [1.54, 1.807) is 34.6 Å². The normalized spacial score (nSPS) is 14.1. The van der Waals surface area contributed by atoms with E-state index in [1.807, 2.05) is 6.92 Å². The summed E-state index contributed by atoms with van der Waals surface area (Å²) in [6, 6.07) is 5.06. The first-order chi connectivity index (χ1) is 13.2. The summed E-state index contributed by atoms with van der Waals surface area (Å²) in [5, 5.41) is 10.3. The molecule has 3 heterocycles. The van der Waals surface area contributed by atoms with Crippen molar-refractivity contribution in [1.29, 1.82) is 0 Å². The van der Waals surface area contributed by atoms with Crippen molar-refractivity contribution < 1.29 is 19.1 Å². The largest absolute Gasteiger partial charge is 0.454 e. The van der Waals surface area contributed by atoms with Crippen LogP contribution >= 0.6 is 11.8 Å². The van der Waals surface area contributed by atoms with Crippen molar-refractivity contribution >= 4 is 29.4 Å². The molecule has 2 aliphatic rings. The number of carbonyl (C=O) groups excluding carboxylic acids is 2. The Kier molecular flexibility index (Phi) is 4.93. The lowest BCUT2D eigenvalue weighted by Gasteiger charge is -2.11. The summed E-state index contributed by atoms with van der Waals surface area (Å²) >= 11 is 1.74. The van der Waals surface area contributed by atoms with Gasteiger partial charge in [0, 0.05) is 29.2 Å². The van der Waals surface area contributed by atoms with Crippen LogP contribution in [-0.2, 0) is 22.8 Å². The molecule has 27 heavy (non-hydrogen) atoms. The third-order valence-electron chi connectivity index (χ3n) is 4.35. The molecule has 0 aliphatic carbocycles. The average molecular weight is 388 g/mol. The van der Waals surface area contributed by atoms with Gasteiger partial charge in [-0.2, -0.15) is 16.9 Å². The van der Waals surface area contributed by atoms with Crippen molar-refractivity contribution in [3.8, 4) is 11.5 Å². The van der Waals surface area contributed by atoms with E-state index in [4.69, 9.17) is 9.47 Å². The fourth-order valence-corrected chi connectivity index (χ4v) is 4.03. The Balaban J connectivity index is 1.55. The lowest BCUT2D eigenvalue weighted by atomic mass is 10.2. The molecule has 8 nitrogen and oxygen atoms in total. The molecule has 0 bridgehead atoms. The highest BCUT2D eigenvalue weighted by molar-refractivity contribution is 7.98. The SMILES string of the molecule is CCCNC(=O)Cn1nc2c(c1NC(=O)c1ccc3c(c1)OCO3)CSC2. The van der Waals surface area contributed by atoms with Crippen molar-refractivity contribution in [2.45, 2.75) is 31.4 Å². The molecule has 0 saturated heterocycles. The molecule has 0 radical (unpaired) electrons. The number of anilines is 1. The van der Waals surface area contributed by atoms with Crippen molar-refractivity contribution in [1.82, 2.24) is 15.1 Å². The standard InChI is InChI=1S/C18H20N4O4S/c1-2-5-19-16(23)7-22-17(12-8-27-9-13(12)21-22)20-18(24)11-3-4-14-15(6-11)26-10-25-14/h3-4,6H,2,5,7-10H2,1H3,(H,19,23)(H,20,24).